The minimum Gasteiger partial charge on any atom is -0.377 e. The maximum absolute atomic E-state index is 12.7. The molecule has 0 aliphatic heterocycles. The Bertz CT molecular complexity index is 811. The van der Waals surface area contributed by atoms with Crippen LogP contribution in [0, 0.1) is 0 Å². The zero-order valence-electron chi connectivity index (χ0n) is 11.8. The van der Waals surface area contributed by atoms with Crippen molar-refractivity contribution in [3.8, 4) is 23.0 Å². The van der Waals surface area contributed by atoms with Crippen molar-refractivity contribution in [3.05, 3.63) is 41.7 Å². The average Bonchev–Trinajstić information content (AvgIpc) is 3.15. The van der Waals surface area contributed by atoms with Crippen molar-refractivity contribution >= 4 is 0 Å². The fourth-order valence-electron chi connectivity index (χ4n) is 1.90. The van der Waals surface area contributed by atoms with Gasteiger partial charge in [-0.1, -0.05) is 22.4 Å². The molecule has 0 unspecified atom stereocenters. The molecule has 0 spiro atoms. The molecular formula is C14H10F3N3O3. The maximum Gasteiger partial charge on any atom is 0.416 e. The molecule has 0 amide bonds. The first-order valence-electron chi connectivity index (χ1n) is 6.43. The SMILES string of the molecule is COCc1cc(-c2nc(-c3cccc(C(F)(F)F)c3)no2)no1. The van der Waals surface area contributed by atoms with Gasteiger partial charge in [0.15, 0.2) is 11.5 Å². The summed E-state index contributed by atoms with van der Waals surface area (Å²) in [4.78, 5) is 4.04. The number of benzene rings is 1. The van der Waals surface area contributed by atoms with E-state index in [0.29, 0.717) is 5.76 Å². The van der Waals surface area contributed by atoms with E-state index in [9.17, 15) is 13.2 Å². The zero-order valence-corrected chi connectivity index (χ0v) is 11.8. The van der Waals surface area contributed by atoms with Gasteiger partial charge in [0.25, 0.3) is 5.89 Å². The smallest absolute Gasteiger partial charge is 0.377 e. The van der Waals surface area contributed by atoms with Crippen LogP contribution in [-0.2, 0) is 17.5 Å². The van der Waals surface area contributed by atoms with Crippen LogP contribution in [0.1, 0.15) is 11.3 Å². The molecule has 1 aromatic carbocycles. The van der Waals surface area contributed by atoms with Gasteiger partial charge in [-0.3, -0.25) is 0 Å². The summed E-state index contributed by atoms with van der Waals surface area (Å²) < 4.78 is 53.1. The fourth-order valence-corrected chi connectivity index (χ4v) is 1.90. The lowest BCUT2D eigenvalue weighted by molar-refractivity contribution is -0.137. The molecule has 0 atom stereocenters. The normalized spacial score (nSPS) is 11.8. The first-order chi connectivity index (χ1) is 11.0. The second-order valence-electron chi connectivity index (χ2n) is 4.61. The summed E-state index contributed by atoms with van der Waals surface area (Å²) in [7, 11) is 1.50. The van der Waals surface area contributed by atoms with Gasteiger partial charge in [-0.15, -0.1) is 0 Å². The Hall–Kier alpha value is -2.68. The quantitative estimate of drug-likeness (QED) is 0.730. The molecule has 0 radical (unpaired) electrons. The molecule has 2 heterocycles. The molecule has 0 aliphatic rings. The van der Waals surface area contributed by atoms with Gasteiger partial charge in [-0.05, 0) is 12.1 Å². The Kier molecular flexibility index (Phi) is 3.87. The standard InChI is InChI=1S/C14H10F3N3O3/c1-21-7-10-6-11(19-22-10)13-18-12(20-23-13)8-3-2-4-9(5-8)14(15,16)17/h2-6H,7H2,1H3. The van der Waals surface area contributed by atoms with Crippen LogP contribution in [0.4, 0.5) is 13.2 Å². The summed E-state index contributed by atoms with van der Waals surface area (Å²) in [6.45, 7) is 0.224. The molecular weight excluding hydrogens is 315 g/mol. The van der Waals surface area contributed by atoms with Crippen LogP contribution < -0.4 is 0 Å². The van der Waals surface area contributed by atoms with Crippen molar-refractivity contribution in [2.75, 3.05) is 7.11 Å². The molecule has 2 aromatic heterocycles. The van der Waals surface area contributed by atoms with Crippen molar-refractivity contribution in [2.45, 2.75) is 12.8 Å². The molecule has 0 N–H and O–H groups in total. The lowest BCUT2D eigenvalue weighted by atomic mass is 10.1. The molecule has 3 rings (SSSR count). The van der Waals surface area contributed by atoms with E-state index in [2.05, 4.69) is 15.3 Å². The highest BCUT2D eigenvalue weighted by Crippen LogP contribution is 2.32. The Morgan fingerprint density at radius 1 is 1.13 bits per heavy atom. The first-order valence-corrected chi connectivity index (χ1v) is 6.43. The fraction of sp³-hybridized carbons (Fsp3) is 0.214. The number of nitrogens with zero attached hydrogens (tertiary/aromatic N) is 3. The van der Waals surface area contributed by atoms with Gasteiger partial charge in [0.1, 0.15) is 6.61 Å². The number of hydrogen-bond acceptors (Lipinski definition) is 6. The van der Waals surface area contributed by atoms with E-state index in [0.717, 1.165) is 12.1 Å². The molecule has 0 bridgehead atoms. The monoisotopic (exact) mass is 325 g/mol. The van der Waals surface area contributed by atoms with E-state index in [4.69, 9.17) is 13.8 Å². The summed E-state index contributed by atoms with van der Waals surface area (Å²) >= 11 is 0. The molecule has 6 nitrogen and oxygen atoms in total. The number of ether oxygens (including phenoxy) is 1. The van der Waals surface area contributed by atoms with Crippen LogP contribution in [0.15, 0.2) is 39.4 Å². The van der Waals surface area contributed by atoms with Crippen molar-refractivity contribution in [1.29, 1.82) is 0 Å². The molecule has 120 valence electrons. The first kappa shape index (κ1) is 15.2. The summed E-state index contributed by atoms with van der Waals surface area (Å²) in [5.41, 5.74) is -0.316. The molecule has 0 fully saturated rings. The van der Waals surface area contributed by atoms with E-state index in [-0.39, 0.29) is 29.6 Å². The predicted molar refractivity (Wildman–Crippen MR) is 70.9 cm³/mol. The summed E-state index contributed by atoms with van der Waals surface area (Å²) in [5, 5.41) is 7.41. The number of aromatic nitrogens is 3. The molecule has 23 heavy (non-hydrogen) atoms. The van der Waals surface area contributed by atoms with Crippen molar-refractivity contribution in [2.24, 2.45) is 0 Å². The van der Waals surface area contributed by atoms with Crippen molar-refractivity contribution in [3.63, 3.8) is 0 Å². The topological polar surface area (TPSA) is 74.2 Å². The van der Waals surface area contributed by atoms with Gasteiger partial charge < -0.3 is 13.8 Å². The summed E-state index contributed by atoms with van der Waals surface area (Å²) in [6.07, 6.45) is -4.44. The Morgan fingerprint density at radius 3 is 2.70 bits per heavy atom. The van der Waals surface area contributed by atoms with Gasteiger partial charge in [0, 0.05) is 18.7 Å². The highest BCUT2D eigenvalue weighted by atomic mass is 19.4. The maximum atomic E-state index is 12.7. The van der Waals surface area contributed by atoms with Gasteiger partial charge in [-0.2, -0.15) is 18.2 Å². The van der Waals surface area contributed by atoms with Crippen LogP contribution in [0.3, 0.4) is 0 Å². The molecule has 0 saturated carbocycles. The zero-order chi connectivity index (χ0) is 16.4. The number of alkyl halides is 3. The predicted octanol–water partition coefficient (Wildman–Crippen LogP) is 3.56. The second kappa shape index (κ2) is 5.84. The molecule has 0 aliphatic carbocycles. The molecule has 9 heteroatoms. The van der Waals surface area contributed by atoms with Gasteiger partial charge in [-0.25, -0.2) is 0 Å². The minimum absolute atomic E-state index is 0.0300. The Morgan fingerprint density at radius 2 is 1.96 bits per heavy atom. The van der Waals surface area contributed by atoms with Gasteiger partial charge >= 0.3 is 6.18 Å². The van der Waals surface area contributed by atoms with Crippen molar-refractivity contribution < 1.29 is 27.0 Å². The van der Waals surface area contributed by atoms with Crippen LogP contribution in [0.25, 0.3) is 23.0 Å². The van der Waals surface area contributed by atoms with Gasteiger partial charge in [0.2, 0.25) is 5.82 Å². The Balaban J connectivity index is 1.89. The number of hydrogen-bond donors (Lipinski definition) is 0. The summed E-state index contributed by atoms with van der Waals surface area (Å²) in [5.74, 6) is 0.534. The Labute approximate surface area is 127 Å². The lowest BCUT2D eigenvalue weighted by Gasteiger charge is -2.06. The minimum atomic E-state index is -4.44. The van der Waals surface area contributed by atoms with E-state index in [1.807, 2.05) is 0 Å². The second-order valence-corrected chi connectivity index (χ2v) is 4.61. The number of methoxy groups -OCH3 is 1. The van der Waals surface area contributed by atoms with E-state index < -0.39 is 11.7 Å². The third kappa shape index (κ3) is 3.24. The van der Waals surface area contributed by atoms with E-state index in [1.54, 1.807) is 6.07 Å². The lowest BCUT2D eigenvalue weighted by Crippen LogP contribution is -2.04. The number of halogens is 3. The van der Waals surface area contributed by atoms with Gasteiger partial charge in [0.05, 0.1) is 5.56 Å². The van der Waals surface area contributed by atoms with Crippen molar-refractivity contribution in [1.82, 2.24) is 15.3 Å². The van der Waals surface area contributed by atoms with Crippen LogP contribution in [0.2, 0.25) is 0 Å². The highest BCUT2D eigenvalue weighted by molar-refractivity contribution is 5.58. The average molecular weight is 325 g/mol. The highest BCUT2D eigenvalue weighted by Gasteiger charge is 2.30. The van der Waals surface area contributed by atoms with Crippen LogP contribution in [-0.4, -0.2) is 22.4 Å². The molecule has 3 aromatic rings. The number of rotatable bonds is 4. The van der Waals surface area contributed by atoms with E-state index >= 15 is 0 Å². The largest absolute Gasteiger partial charge is 0.416 e. The third-order valence-corrected chi connectivity index (χ3v) is 2.94. The van der Waals surface area contributed by atoms with E-state index in [1.165, 1.54) is 19.2 Å². The van der Waals surface area contributed by atoms with Crippen LogP contribution >= 0.6 is 0 Å². The molecule has 0 saturated heterocycles. The van der Waals surface area contributed by atoms with Crippen LogP contribution in [0.5, 0.6) is 0 Å². The third-order valence-electron chi connectivity index (χ3n) is 2.94. The summed E-state index contributed by atoms with van der Waals surface area (Å²) in [6, 6.07) is 6.21.